The van der Waals surface area contributed by atoms with E-state index >= 15 is 0 Å². The van der Waals surface area contributed by atoms with Crippen LogP contribution in [0, 0.1) is 13.8 Å². The summed E-state index contributed by atoms with van der Waals surface area (Å²) >= 11 is 0. The number of hydrogen-bond acceptors (Lipinski definition) is 8. The average molecular weight is 791 g/mol. The minimum atomic E-state index is -0.00711. The number of phenolic OH excluding ortho intramolecular Hbond substituents is 2. The van der Waals surface area contributed by atoms with Crippen LogP contribution in [-0.2, 0) is 17.4 Å². The molecule has 0 amide bonds. The van der Waals surface area contributed by atoms with Crippen molar-refractivity contribution in [3.63, 3.8) is 0 Å². The molecule has 0 aliphatic carbocycles. The summed E-state index contributed by atoms with van der Waals surface area (Å²) in [5, 5.41) is 51.1. The molecule has 6 aromatic carbocycles. The first-order valence-corrected chi connectivity index (χ1v) is 17.8. The van der Waals surface area contributed by atoms with Gasteiger partial charge in [0.2, 0.25) is 11.8 Å². The summed E-state index contributed by atoms with van der Waals surface area (Å²) in [5.41, 5.74) is 8.32. The summed E-state index contributed by atoms with van der Waals surface area (Å²) in [7, 11) is 0. The summed E-state index contributed by atoms with van der Waals surface area (Å²) in [6, 6.07) is 48.3. The maximum absolute atomic E-state index is 10.9. The average Bonchev–Trinajstić information content (AvgIpc) is 3.73. The summed E-state index contributed by atoms with van der Waals surface area (Å²) in [6.45, 7) is 3.93. The summed E-state index contributed by atoms with van der Waals surface area (Å²) in [6.07, 6.45) is 3.07. The Kier molecular flexibility index (Phi) is 12.5. The van der Waals surface area contributed by atoms with Crippen molar-refractivity contribution in [2.24, 2.45) is 9.98 Å². The number of aliphatic imine (C=N–C) groups is 2. The number of hydrogen-bond donors (Lipinski definition) is 4. The third-order valence-corrected chi connectivity index (χ3v) is 9.00. The molecule has 8 aromatic rings. The van der Waals surface area contributed by atoms with E-state index in [9.17, 15) is 20.4 Å². The molecule has 0 atom stereocenters. The van der Waals surface area contributed by atoms with Crippen LogP contribution in [0.3, 0.4) is 0 Å². The quantitative estimate of drug-likeness (QED) is 0.113. The van der Waals surface area contributed by atoms with E-state index in [2.05, 4.69) is 20.2 Å². The molecule has 8 rings (SSSR count). The molecule has 0 radical (unpaired) electrons. The van der Waals surface area contributed by atoms with E-state index in [4.69, 9.17) is 0 Å². The standard InChI is InChI=1S/2C23H19N3O2.Cr/c2*1-16-9-5-7-13-20(16)26-23(28)18(15-24-19-12-6-8-14-21(19)27)22(25-26)17-10-3-2-4-11-17;/h2*2-15,27-28H,1H3;. The zero-order valence-corrected chi connectivity index (χ0v) is 32.3. The van der Waals surface area contributed by atoms with E-state index in [0.717, 1.165) is 33.6 Å². The Labute approximate surface area is 340 Å². The molecule has 2 heterocycles. The molecule has 0 unspecified atom stereocenters. The van der Waals surface area contributed by atoms with E-state index in [1.165, 1.54) is 21.8 Å². The normalized spacial score (nSPS) is 11.0. The van der Waals surface area contributed by atoms with Crippen molar-refractivity contribution in [2.45, 2.75) is 13.8 Å². The van der Waals surface area contributed by atoms with Crippen LogP contribution < -0.4 is 0 Å². The monoisotopic (exact) mass is 790 g/mol. The van der Waals surface area contributed by atoms with E-state index in [-0.39, 0.29) is 40.6 Å². The predicted octanol–water partition coefficient (Wildman–Crippen LogP) is 10.0. The van der Waals surface area contributed by atoms with Gasteiger partial charge in [0, 0.05) is 40.9 Å². The Morgan fingerprint density at radius 3 is 1.14 bits per heavy atom. The molecule has 0 spiro atoms. The van der Waals surface area contributed by atoms with Gasteiger partial charge < -0.3 is 20.4 Å². The summed E-state index contributed by atoms with van der Waals surface area (Å²) < 4.78 is 3.04. The van der Waals surface area contributed by atoms with Crippen LogP contribution in [0.1, 0.15) is 22.3 Å². The van der Waals surface area contributed by atoms with Gasteiger partial charge in [-0.3, -0.25) is 9.98 Å². The van der Waals surface area contributed by atoms with Crippen LogP contribution >= 0.6 is 0 Å². The third-order valence-electron chi connectivity index (χ3n) is 9.00. The van der Waals surface area contributed by atoms with Crippen molar-refractivity contribution in [1.82, 2.24) is 19.6 Å². The fourth-order valence-corrected chi connectivity index (χ4v) is 6.05. The fraction of sp³-hybridized carbons (Fsp3) is 0.0435. The van der Waals surface area contributed by atoms with Gasteiger partial charge in [-0.25, -0.2) is 0 Å². The number of benzene rings is 6. The number of aryl methyl sites for hydroxylation is 2. The Morgan fingerprint density at radius 2 is 0.772 bits per heavy atom. The molecular formula is C46H38CrN6O4. The van der Waals surface area contributed by atoms with Crippen molar-refractivity contribution in [3.8, 4) is 57.1 Å². The molecule has 282 valence electrons. The predicted molar refractivity (Wildman–Crippen MR) is 222 cm³/mol. The van der Waals surface area contributed by atoms with Gasteiger partial charge in [-0.05, 0) is 61.4 Å². The van der Waals surface area contributed by atoms with Crippen LogP contribution in [-0.4, -0.2) is 52.4 Å². The zero-order chi connectivity index (χ0) is 39.0. The summed E-state index contributed by atoms with van der Waals surface area (Å²) in [5.74, 6) is 0.135. The molecule has 2 aromatic heterocycles. The number of phenols is 2. The maximum atomic E-state index is 10.9. The molecule has 0 saturated carbocycles. The third kappa shape index (κ3) is 8.71. The topological polar surface area (TPSA) is 141 Å². The van der Waals surface area contributed by atoms with Gasteiger partial charge in [-0.1, -0.05) is 121 Å². The van der Waals surface area contributed by atoms with Gasteiger partial charge in [-0.15, -0.1) is 0 Å². The summed E-state index contributed by atoms with van der Waals surface area (Å²) in [4.78, 5) is 8.73. The molecule has 57 heavy (non-hydrogen) atoms. The minimum Gasteiger partial charge on any atom is -0.506 e. The zero-order valence-electron chi connectivity index (χ0n) is 31.0. The van der Waals surface area contributed by atoms with Gasteiger partial charge >= 0.3 is 0 Å². The van der Waals surface area contributed by atoms with Crippen molar-refractivity contribution in [3.05, 3.63) is 180 Å². The molecule has 11 heteroatoms. The van der Waals surface area contributed by atoms with E-state index in [1.54, 1.807) is 48.5 Å². The molecule has 0 aliphatic heterocycles. The van der Waals surface area contributed by atoms with Gasteiger partial charge in [0.25, 0.3) is 0 Å². The molecule has 10 nitrogen and oxygen atoms in total. The first kappa shape index (κ1) is 39.5. The second kappa shape index (κ2) is 18.0. The van der Waals surface area contributed by atoms with E-state index < -0.39 is 0 Å². The van der Waals surface area contributed by atoms with Crippen molar-refractivity contribution >= 4 is 23.8 Å². The van der Waals surface area contributed by atoms with Crippen molar-refractivity contribution < 1.29 is 37.8 Å². The number of rotatable bonds is 8. The van der Waals surface area contributed by atoms with Crippen LogP contribution in [0.15, 0.2) is 168 Å². The number of aromatic hydroxyl groups is 4. The van der Waals surface area contributed by atoms with E-state index in [1.807, 2.05) is 123 Å². The van der Waals surface area contributed by atoms with Crippen LogP contribution in [0.4, 0.5) is 11.4 Å². The Hall–Kier alpha value is -7.19. The van der Waals surface area contributed by atoms with Crippen LogP contribution in [0.25, 0.3) is 33.9 Å². The van der Waals surface area contributed by atoms with Crippen molar-refractivity contribution in [1.29, 1.82) is 0 Å². The van der Waals surface area contributed by atoms with E-state index in [0.29, 0.717) is 33.9 Å². The van der Waals surface area contributed by atoms with Gasteiger partial charge in [0.05, 0.1) is 22.5 Å². The molecule has 4 N–H and O–H groups in total. The minimum absolute atomic E-state index is 0. The smallest absolute Gasteiger partial charge is 0.223 e. The largest absolute Gasteiger partial charge is 0.506 e. The number of aromatic nitrogens is 4. The van der Waals surface area contributed by atoms with Crippen molar-refractivity contribution in [2.75, 3.05) is 0 Å². The van der Waals surface area contributed by atoms with Gasteiger partial charge in [0.1, 0.15) is 34.3 Å². The maximum Gasteiger partial charge on any atom is 0.223 e. The Balaban J connectivity index is 0.000000189. The number of para-hydroxylation sites is 6. The second-order valence-electron chi connectivity index (χ2n) is 12.8. The molecule has 0 bridgehead atoms. The molecular weight excluding hydrogens is 753 g/mol. The fourth-order valence-electron chi connectivity index (χ4n) is 6.05. The van der Waals surface area contributed by atoms with Crippen LogP contribution in [0.2, 0.25) is 0 Å². The SMILES string of the molecule is Cc1ccccc1-n1nc(-c2ccccc2)c(C=Nc2ccccc2O)c1O.Cc1ccccc1-n1nc(-c2ccccc2)c(C=Nc2ccccc2O)c1O.[Cr]. The van der Waals surface area contributed by atoms with Gasteiger partial charge in [-0.2, -0.15) is 19.6 Å². The molecule has 0 saturated heterocycles. The second-order valence-corrected chi connectivity index (χ2v) is 12.8. The van der Waals surface area contributed by atoms with Crippen LogP contribution in [0.5, 0.6) is 23.3 Å². The number of nitrogens with zero attached hydrogens (tertiary/aromatic N) is 6. The first-order valence-electron chi connectivity index (χ1n) is 17.8. The molecule has 0 fully saturated rings. The Bertz CT molecular complexity index is 2490. The molecule has 0 aliphatic rings. The van der Waals surface area contributed by atoms with Gasteiger partial charge in [0.15, 0.2) is 0 Å². The Morgan fingerprint density at radius 1 is 0.439 bits per heavy atom. The first-order chi connectivity index (χ1) is 27.3.